The first-order chi connectivity index (χ1) is 10.0. The summed E-state index contributed by atoms with van der Waals surface area (Å²) in [4.78, 5) is 10.3. The van der Waals surface area contributed by atoms with E-state index in [1.165, 1.54) is 30.6 Å². The van der Waals surface area contributed by atoms with Crippen LogP contribution in [0.1, 0.15) is 18.9 Å². The minimum atomic E-state index is -0.454. The smallest absolute Gasteiger partial charge is 0.273 e. The maximum absolute atomic E-state index is 10.8. The summed E-state index contributed by atoms with van der Waals surface area (Å²) in [6, 6.07) is 4.83. The number of nitro groups is 1. The molecular formula is C13H16N4O3S. The molecule has 0 saturated carbocycles. The Hall–Kier alpha value is -2.06. The fourth-order valence-corrected chi connectivity index (χ4v) is 2.52. The predicted octanol–water partition coefficient (Wildman–Crippen LogP) is 2.62. The monoisotopic (exact) mass is 308 g/mol. The number of nitro benzene ring substituents is 1. The molecule has 0 aliphatic heterocycles. The van der Waals surface area contributed by atoms with E-state index in [1.54, 1.807) is 6.07 Å². The van der Waals surface area contributed by atoms with Crippen molar-refractivity contribution in [2.75, 3.05) is 7.11 Å². The lowest BCUT2D eigenvalue weighted by molar-refractivity contribution is -0.384. The minimum Gasteiger partial charge on any atom is -0.496 e. The highest BCUT2D eigenvalue weighted by Gasteiger charge is 2.16. The van der Waals surface area contributed by atoms with Gasteiger partial charge in [-0.1, -0.05) is 25.2 Å². The molecule has 1 N–H and O–H groups in total. The molecule has 0 unspecified atom stereocenters. The number of non-ortho nitro benzene ring substituents is 1. The number of nitrogens with zero attached hydrogens (tertiary/aromatic N) is 3. The summed E-state index contributed by atoms with van der Waals surface area (Å²) < 4.78 is 5.22. The Bertz CT molecular complexity index is 642. The molecule has 2 rings (SSSR count). The van der Waals surface area contributed by atoms with E-state index in [9.17, 15) is 10.1 Å². The van der Waals surface area contributed by atoms with Crippen molar-refractivity contribution < 1.29 is 9.66 Å². The van der Waals surface area contributed by atoms with Crippen LogP contribution in [0.2, 0.25) is 0 Å². The van der Waals surface area contributed by atoms with Gasteiger partial charge in [-0.2, -0.15) is 0 Å². The number of aromatic nitrogens is 2. The molecule has 0 radical (unpaired) electrons. The van der Waals surface area contributed by atoms with Gasteiger partial charge in [-0.15, -0.1) is 10.2 Å². The average Bonchev–Trinajstić information content (AvgIpc) is 2.93. The molecule has 1 heterocycles. The molecule has 0 aliphatic carbocycles. The van der Waals surface area contributed by atoms with Gasteiger partial charge >= 0.3 is 0 Å². The first kappa shape index (κ1) is 15.3. The molecule has 0 atom stereocenters. The van der Waals surface area contributed by atoms with Crippen molar-refractivity contribution >= 4 is 17.0 Å². The van der Waals surface area contributed by atoms with Crippen molar-refractivity contribution in [3.8, 4) is 16.3 Å². The van der Waals surface area contributed by atoms with Crippen molar-refractivity contribution in [2.24, 2.45) is 0 Å². The number of methoxy groups -OCH3 is 1. The molecule has 0 fully saturated rings. The number of nitrogens with one attached hydrogen (secondary N) is 1. The Kier molecular flexibility index (Phi) is 4.81. The third kappa shape index (κ3) is 3.73. The van der Waals surface area contributed by atoms with Crippen molar-refractivity contribution in [1.29, 1.82) is 0 Å². The zero-order chi connectivity index (χ0) is 15.4. The number of hydrogen-bond acceptors (Lipinski definition) is 7. The van der Waals surface area contributed by atoms with E-state index < -0.39 is 4.92 Å². The summed E-state index contributed by atoms with van der Waals surface area (Å²) in [5, 5.41) is 23.8. The van der Waals surface area contributed by atoms with Gasteiger partial charge in [0.05, 0.1) is 23.7 Å². The zero-order valence-electron chi connectivity index (χ0n) is 12.0. The summed E-state index contributed by atoms with van der Waals surface area (Å²) in [7, 11) is 1.48. The Balaban J connectivity index is 2.27. The maximum Gasteiger partial charge on any atom is 0.273 e. The zero-order valence-corrected chi connectivity index (χ0v) is 12.8. The second-order valence-electron chi connectivity index (χ2n) is 4.68. The van der Waals surface area contributed by atoms with E-state index in [4.69, 9.17) is 4.74 Å². The van der Waals surface area contributed by atoms with Gasteiger partial charge in [0.15, 0.2) is 5.01 Å². The SMILES string of the molecule is COc1cc([N+](=O)[O-])ccc1-c1nnc(CNC(C)C)s1. The third-order valence-electron chi connectivity index (χ3n) is 2.75. The van der Waals surface area contributed by atoms with Crippen molar-refractivity contribution in [3.63, 3.8) is 0 Å². The molecule has 0 amide bonds. The van der Waals surface area contributed by atoms with Gasteiger partial charge in [-0.25, -0.2) is 0 Å². The van der Waals surface area contributed by atoms with Crippen LogP contribution in [0.3, 0.4) is 0 Å². The van der Waals surface area contributed by atoms with Gasteiger partial charge in [0.2, 0.25) is 0 Å². The van der Waals surface area contributed by atoms with E-state index >= 15 is 0 Å². The predicted molar refractivity (Wildman–Crippen MR) is 80.5 cm³/mol. The van der Waals surface area contributed by atoms with Crippen LogP contribution in [-0.4, -0.2) is 28.3 Å². The standard InChI is InChI=1S/C13H16N4O3S/c1-8(2)14-7-12-15-16-13(21-12)10-5-4-9(17(18)19)6-11(10)20-3/h4-6,8,14H,7H2,1-3H3. The van der Waals surface area contributed by atoms with Crippen LogP contribution in [0.5, 0.6) is 5.75 Å². The van der Waals surface area contributed by atoms with E-state index in [0.29, 0.717) is 28.9 Å². The Morgan fingerprint density at radius 2 is 2.19 bits per heavy atom. The van der Waals surface area contributed by atoms with Gasteiger partial charge in [-0.3, -0.25) is 10.1 Å². The summed E-state index contributed by atoms with van der Waals surface area (Å²) in [6.07, 6.45) is 0. The molecule has 0 spiro atoms. The summed E-state index contributed by atoms with van der Waals surface area (Å²) in [5.41, 5.74) is 0.693. The lowest BCUT2D eigenvalue weighted by Crippen LogP contribution is -2.21. The Labute approximate surface area is 126 Å². The Morgan fingerprint density at radius 1 is 1.43 bits per heavy atom. The van der Waals surface area contributed by atoms with E-state index in [2.05, 4.69) is 29.4 Å². The maximum atomic E-state index is 10.8. The third-order valence-corrected chi connectivity index (χ3v) is 3.71. The fourth-order valence-electron chi connectivity index (χ4n) is 1.70. The molecule has 21 heavy (non-hydrogen) atoms. The van der Waals surface area contributed by atoms with Gasteiger partial charge < -0.3 is 10.1 Å². The summed E-state index contributed by atoms with van der Waals surface area (Å²) >= 11 is 1.44. The van der Waals surface area contributed by atoms with E-state index in [-0.39, 0.29) is 5.69 Å². The molecule has 8 heteroatoms. The Morgan fingerprint density at radius 3 is 2.81 bits per heavy atom. The molecule has 0 bridgehead atoms. The first-order valence-electron chi connectivity index (χ1n) is 6.40. The van der Waals surface area contributed by atoms with Crippen molar-refractivity contribution in [2.45, 2.75) is 26.4 Å². The molecular weight excluding hydrogens is 292 g/mol. The van der Waals surface area contributed by atoms with Crippen LogP contribution >= 0.6 is 11.3 Å². The molecule has 7 nitrogen and oxygen atoms in total. The largest absolute Gasteiger partial charge is 0.496 e. The van der Waals surface area contributed by atoms with Crippen LogP contribution in [0.4, 0.5) is 5.69 Å². The first-order valence-corrected chi connectivity index (χ1v) is 7.21. The normalized spacial score (nSPS) is 10.9. The second-order valence-corrected chi connectivity index (χ2v) is 5.74. The number of benzene rings is 1. The number of ether oxygens (including phenoxy) is 1. The lowest BCUT2D eigenvalue weighted by Gasteiger charge is -2.05. The molecule has 112 valence electrons. The minimum absolute atomic E-state index is 0.0122. The van der Waals surface area contributed by atoms with Crippen LogP contribution in [0.25, 0.3) is 10.6 Å². The van der Waals surface area contributed by atoms with Gasteiger partial charge in [0.1, 0.15) is 10.8 Å². The van der Waals surface area contributed by atoms with E-state index in [1.807, 2.05) is 0 Å². The van der Waals surface area contributed by atoms with Crippen LogP contribution < -0.4 is 10.1 Å². The van der Waals surface area contributed by atoms with Crippen LogP contribution in [-0.2, 0) is 6.54 Å². The second kappa shape index (κ2) is 6.59. The van der Waals surface area contributed by atoms with Crippen molar-refractivity contribution in [1.82, 2.24) is 15.5 Å². The number of rotatable bonds is 6. The molecule has 1 aromatic heterocycles. The highest BCUT2D eigenvalue weighted by Crippen LogP contribution is 2.34. The quantitative estimate of drug-likeness (QED) is 0.651. The highest BCUT2D eigenvalue weighted by atomic mass is 32.1. The summed E-state index contributed by atoms with van der Waals surface area (Å²) in [5.74, 6) is 0.420. The molecule has 2 aromatic rings. The van der Waals surface area contributed by atoms with Crippen LogP contribution in [0.15, 0.2) is 18.2 Å². The molecule has 0 saturated heterocycles. The fraction of sp³-hybridized carbons (Fsp3) is 0.385. The van der Waals surface area contributed by atoms with Gasteiger partial charge in [0.25, 0.3) is 5.69 Å². The molecule has 1 aromatic carbocycles. The number of hydrogen-bond donors (Lipinski definition) is 1. The summed E-state index contributed by atoms with van der Waals surface area (Å²) in [6.45, 7) is 4.76. The van der Waals surface area contributed by atoms with E-state index in [0.717, 1.165) is 5.01 Å². The van der Waals surface area contributed by atoms with Crippen LogP contribution in [0, 0.1) is 10.1 Å². The topological polar surface area (TPSA) is 90.2 Å². The molecule has 0 aliphatic rings. The van der Waals surface area contributed by atoms with Gasteiger partial charge in [-0.05, 0) is 6.07 Å². The average molecular weight is 308 g/mol. The highest BCUT2D eigenvalue weighted by molar-refractivity contribution is 7.14. The van der Waals surface area contributed by atoms with Crippen molar-refractivity contribution in [3.05, 3.63) is 33.3 Å². The van der Waals surface area contributed by atoms with Gasteiger partial charge in [0, 0.05) is 18.7 Å². The lowest BCUT2D eigenvalue weighted by atomic mass is 10.2.